The molecule has 0 amide bonds. The molecule has 1 saturated heterocycles. The first-order chi connectivity index (χ1) is 8.11. The highest BCUT2D eigenvalue weighted by Gasteiger charge is 2.28. The van der Waals surface area contributed by atoms with Crippen LogP contribution in [0.25, 0.3) is 0 Å². The number of aliphatic hydroxyl groups excluding tert-OH is 1. The number of ether oxygens (including phenoxy) is 1. The molecule has 0 aromatic carbocycles. The highest BCUT2D eigenvalue weighted by molar-refractivity contribution is 7.99. The average molecular weight is 261 g/mol. The monoisotopic (exact) mass is 261 g/mol. The van der Waals surface area contributed by atoms with Crippen molar-refractivity contribution in [1.29, 1.82) is 0 Å². The molecule has 17 heavy (non-hydrogen) atoms. The molecule has 2 atom stereocenters. The van der Waals surface area contributed by atoms with Crippen LogP contribution in [-0.4, -0.2) is 32.5 Å². The fourth-order valence-corrected chi connectivity index (χ4v) is 2.61. The second-order valence-electron chi connectivity index (χ2n) is 3.53. The summed E-state index contributed by atoms with van der Waals surface area (Å²) < 4.78 is 19.8. The minimum absolute atomic E-state index is 0.00757. The van der Waals surface area contributed by atoms with E-state index >= 15 is 0 Å². The third kappa shape index (κ3) is 2.59. The van der Waals surface area contributed by atoms with Gasteiger partial charge in [-0.15, -0.1) is 11.8 Å². The lowest BCUT2D eigenvalue weighted by atomic mass is 10.5. The minimum atomic E-state index is -0.746. The molecule has 6 nitrogen and oxygen atoms in total. The van der Waals surface area contributed by atoms with Gasteiger partial charge in [0.2, 0.25) is 0 Å². The highest BCUT2D eigenvalue weighted by atomic mass is 32.2. The molecule has 2 heterocycles. The summed E-state index contributed by atoms with van der Waals surface area (Å²) in [5.74, 6) is -0.650. The Morgan fingerprint density at radius 1 is 1.76 bits per heavy atom. The number of hydrogen-bond donors (Lipinski definition) is 2. The fourth-order valence-electron chi connectivity index (χ4n) is 1.51. The Labute approximate surface area is 101 Å². The van der Waals surface area contributed by atoms with Gasteiger partial charge in [-0.2, -0.15) is 4.98 Å². The molecule has 1 aliphatic heterocycles. The van der Waals surface area contributed by atoms with E-state index in [4.69, 9.17) is 15.6 Å². The van der Waals surface area contributed by atoms with Gasteiger partial charge in [-0.3, -0.25) is 4.57 Å². The normalized spacial score (nSPS) is 24.1. The Bertz CT molecular complexity index is 467. The first-order valence-electron chi connectivity index (χ1n) is 5.04. The molecule has 0 spiro atoms. The zero-order valence-corrected chi connectivity index (χ0v) is 9.69. The molecule has 0 unspecified atom stereocenters. The van der Waals surface area contributed by atoms with E-state index in [0.29, 0.717) is 12.2 Å². The molecule has 1 aromatic rings. The number of nitrogens with zero attached hydrogens (tertiary/aromatic N) is 2. The first-order valence-corrected chi connectivity index (χ1v) is 6.08. The standard InChI is InChI=1S/C9H12FN3O3S/c10-5-3-13(9(15)12-8(5)11)6-4-17-7(16-6)1-2-14/h3,6-7,14H,1-2,4H2,(H2,11,12,15)/t6-,7+/m0/s1. The van der Waals surface area contributed by atoms with Crippen molar-refractivity contribution in [2.45, 2.75) is 18.1 Å². The maximum absolute atomic E-state index is 13.2. The van der Waals surface area contributed by atoms with Gasteiger partial charge in [0.25, 0.3) is 0 Å². The maximum atomic E-state index is 13.2. The number of hydrogen-bond acceptors (Lipinski definition) is 6. The van der Waals surface area contributed by atoms with E-state index in [1.165, 1.54) is 11.8 Å². The summed E-state index contributed by atoms with van der Waals surface area (Å²) in [7, 11) is 0. The van der Waals surface area contributed by atoms with Crippen LogP contribution in [-0.2, 0) is 4.74 Å². The second kappa shape index (κ2) is 5.03. The molecule has 8 heteroatoms. The van der Waals surface area contributed by atoms with Crippen molar-refractivity contribution in [2.24, 2.45) is 0 Å². The highest BCUT2D eigenvalue weighted by Crippen LogP contribution is 2.32. The van der Waals surface area contributed by atoms with Gasteiger partial charge in [0.05, 0.1) is 6.20 Å². The number of thioether (sulfide) groups is 1. The maximum Gasteiger partial charge on any atom is 0.351 e. The Balaban J connectivity index is 2.19. The van der Waals surface area contributed by atoms with E-state index in [0.717, 1.165) is 10.8 Å². The zero-order valence-electron chi connectivity index (χ0n) is 8.88. The lowest BCUT2D eigenvalue weighted by Crippen LogP contribution is -2.29. The molecule has 3 N–H and O–H groups in total. The Morgan fingerprint density at radius 2 is 2.53 bits per heavy atom. The number of rotatable bonds is 3. The van der Waals surface area contributed by atoms with Crippen LogP contribution >= 0.6 is 11.8 Å². The van der Waals surface area contributed by atoms with E-state index in [1.807, 2.05) is 0 Å². The van der Waals surface area contributed by atoms with Gasteiger partial charge in [0.15, 0.2) is 11.6 Å². The number of halogens is 1. The molecular formula is C9H12FN3O3S. The van der Waals surface area contributed by atoms with Crippen molar-refractivity contribution in [1.82, 2.24) is 9.55 Å². The number of anilines is 1. The zero-order chi connectivity index (χ0) is 12.4. The summed E-state index contributed by atoms with van der Waals surface area (Å²) in [6.45, 7) is 0.00757. The van der Waals surface area contributed by atoms with Crippen LogP contribution in [0, 0.1) is 5.82 Å². The van der Waals surface area contributed by atoms with Crippen molar-refractivity contribution in [2.75, 3.05) is 18.1 Å². The molecule has 0 aliphatic carbocycles. The smallest absolute Gasteiger partial charge is 0.351 e. The van der Waals surface area contributed by atoms with Gasteiger partial charge in [-0.05, 0) is 0 Å². The molecular weight excluding hydrogens is 249 g/mol. The lowest BCUT2D eigenvalue weighted by molar-refractivity contribution is 0.00647. The molecule has 1 aliphatic rings. The summed E-state index contributed by atoms with van der Waals surface area (Å²) in [5, 5.41) is 8.77. The molecule has 0 saturated carbocycles. The summed E-state index contributed by atoms with van der Waals surface area (Å²) in [6.07, 6.45) is 0.907. The van der Waals surface area contributed by atoms with Crippen LogP contribution in [0.5, 0.6) is 0 Å². The van der Waals surface area contributed by atoms with Crippen LogP contribution in [0.1, 0.15) is 12.6 Å². The second-order valence-corrected chi connectivity index (χ2v) is 4.72. The van der Waals surface area contributed by atoms with Crippen LogP contribution < -0.4 is 11.4 Å². The predicted molar refractivity (Wildman–Crippen MR) is 60.9 cm³/mol. The van der Waals surface area contributed by atoms with Crippen molar-refractivity contribution < 1.29 is 14.2 Å². The number of aliphatic hydroxyl groups is 1. The van der Waals surface area contributed by atoms with E-state index < -0.39 is 23.6 Å². The van der Waals surface area contributed by atoms with Gasteiger partial charge >= 0.3 is 5.69 Å². The molecule has 0 radical (unpaired) electrons. The molecule has 94 valence electrons. The van der Waals surface area contributed by atoms with Crippen LogP contribution in [0.4, 0.5) is 10.2 Å². The van der Waals surface area contributed by atoms with E-state index in [9.17, 15) is 9.18 Å². The Morgan fingerprint density at radius 3 is 3.24 bits per heavy atom. The van der Waals surface area contributed by atoms with Gasteiger partial charge in [-0.1, -0.05) is 0 Å². The third-order valence-corrected chi connectivity index (χ3v) is 3.54. The van der Waals surface area contributed by atoms with E-state index in [1.54, 1.807) is 0 Å². The van der Waals surface area contributed by atoms with Crippen molar-refractivity contribution in [3.05, 3.63) is 22.5 Å². The van der Waals surface area contributed by atoms with Gasteiger partial charge in [-0.25, -0.2) is 9.18 Å². The Hall–Kier alpha value is -1.12. The average Bonchev–Trinajstić information content (AvgIpc) is 2.72. The number of nitrogens with two attached hydrogens (primary N) is 1. The minimum Gasteiger partial charge on any atom is -0.396 e. The van der Waals surface area contributed by atoms with E-state index in [2.05, 4.69) is 4.98 Å². The Kier molecular flexibility index (Phi) is 3.65. The van der Waals surface area contributed by atoms with Crippen LogP contribution in [0.2, 0.25) is 0 Å². The number of aromatic nitrogens is 2. The fraction of sp³-hybridized carbons (Fsp3) is 0.556. The predicted octanol–water partition coefficient (Wildman–Crippen LogP) is -0.0649. The van der Waals surface area contributed by atoms with Crippen molar-refractivity contribution in [3.8, 4) is 0 Å². The van der Waals surface area contributed by atoms with E-state index in [-0.39, 0.29) is 12.0 Å². The van der Waals surface area contributed by atoms with Gasteiger partial charge < -0.3 is 15.6 Å². The lowest BCUT2D eigenvalue weighted by Gasteiger charge is -2.14. The SMILES string of the molecule is Nc1nc(=O)n([C@@H]2CS[C@H](CCO)O2)cc1F. The van der Waals surface area contributed by atoms with Crippen molar-refractivity contribution >= 4 is 17.6 Å². The molecule has 2 rings (SSSR count). The topological polar surface area (TPSA) is 90.4 Å². The summed E-state index contributed by atoms with van der Waals surface area (Å²) in [5.41, 5.74) is 4.36. The van der Waals surface area contributed by atoms with Crippen LogP contribution in [0.3, 0.4) is 0 Å². The van der Waals surface area contributed by atoms with Crippen molar-refractivity contribution in [3.63, 3.8) is 0 Å². The summed E-state index contributed by atoms with van der Waals surface area (Å²) in [4.78, 5) is 14.9. The summed E-state index contributed by atoms with van der Waals surface area (Å²) in [6, 6.07) is 0. The van der Waals surface area contributed by atoms with Gasteiger partial charge in [0, 0.05) is 18.8 Å². The first kappa shape index (κ1) is 12.3. The number of nitrogen functional groups attached to an aromatic ring is 1. The van der Waals surface area contributed by atoms with Crippen LogP contribution in [0.15, 0.2) is 11.0 Å². The quantitative estimate of drug-likeness (QED) is 0.792. The molecule has 1 aromatic heterocycles. The largest absolute Gasteiger partial charge is 0.396 e. The van der Waals surface area contributed by atoms with Gasteiger partial charge in [0.1, 0.15) is 11.7 Å². The third-order valence-electron chi connectivity index (χ3n) is 2.34. The summed E-state index contributed by atoms with van der Waals surface area (Å²) >= 11 is 1.47. The molecule has 0 bridgehead atoms. The molecule has 1 fully saturated rings.